The number of anilines is 2. The molecule has 0 aliphatic carbocycles. The van der Waals surface area contributed by atoms with Crippen LogP contribution in [0.1, 0.15) is 18.9 Å². The highest BCUT2D eigenvalue weighted by Gasteiger charge is 2.20. The smallest absolute Gasteiger partial charge is 0.265 e. The van der Waals surface area contributed by atoms with Gasteiger partial charge in [-0.3, -0.25) is 4.72 Å². The largest absolute Gasteiger partial charge is 0.387 e. The van der Waals surface area contributed by atoms with Gasteiger partial charge in [-0.1, -0.05) is 37.3 Å². The van der Waals surface area contributed by atoms with E-state index in [4.69, 9.17) is 0 Å². The molecule has 2 rings (SSSR count). The van der Waals surface area contributed by atoms with Crippen molar-refractivity contribution >= 4 is 32.2 Å². The first-order chi connectivity index (χ1) is 9.92. The van der Waals surface area contributed by atoms with Crippen LogP contribution in [0.3, 0.4) is 0 Å². The summed E-state index contributed by atoms with van der Waals surface area (Å²) in [5, 5.41) is 11.9. The molecule has 0 radical (unpaired) electrons. The van der Waals surface area contributed by atoms with Crippen LogP contribution >= 0.6 is 11.3 Å². The third-order valence-electron chi connectivity index (χ3n) is 2.72. The maximum atomic E-state index is 12.4. The maximum absolute atomic E-state index is 12.4. The zero-order chi connectivity index (χ0) is 15.5. The molecule has 2 aromatic rings. The number of hydrogen-bond donors (Lipinski definition) is 2. The van der Waals surface area contributed by atoms with Gasteiger partial charge in [0.25, 0.3) is 10.0 Å². The summed E-state index contributed by atoms with van der Waals surface area (Å²) in [6.07, 6.45) is 0.784. The van der Waals surface area contributed by atoms with Crippen molar-refractivity contribution in [3.63, 3.8) is 0 Å². The zero-order valence-electron chi connectivity index (χ0n) is 12.1. The van der Waals surface area contributed by atoms with E-state index in [-0.39, 0.29) is 10.0 Å². The number of aromatic nitrogens is 2. The van der Waals surface area contributed by atoms with E-state index in [1.165, 1.54) is 11.3 Å². The second-order valence-corrected chi connectivity index (χ2v) is 7.66. The van der Waals surface area contributed by atoms with Crippen LogP contribution in [0.4, 0.5) is 10.8 Å². The highest BCUT2D eigenvalue weighted by Crippen LogP contribution is 2.25. The van der Waals surface area contributed by atoms with Crippen LogP contribution in [0, 0.1) is 5.92 Å². The molecule has 1 heterocycles. The van der Waals surface area contributed by atoms with Gasteiger partial charge in [0.1, 0.15) is 9.90 Å². The maximum Gasteiger partial charge on any atom is 0.265 e. The summed E-state index contributed by atoms with van der Waals surface area (Å²) in [5.41, 5.74) is 0.539. The van der Waals surface area contributed by atoms with Crippen molar-refractivity contribution in [2.24, 2.45) is 5.92 Å². The SMILES string of the molecule is CNc1ccccc1S(=O)(=O)Nc1nnc(CC(C)C)s1. The van der Waals surface area contributed by atoms with E-state index in [1.807, 2.05) is 0 Å². The Morgan fingerprint density at radius 2 is 1.95 bits per heavy atom. The van der Waals surface area contributed by atoms with Crippen LogP contribution in [0.25, 0.3) is 0 Å². The van der Waals surface area contributed by atoms with Gasteiger partial charge in [0.15, 0.2) is 0 Å². The highest BCUT2D eigenvalue weighted by atomic mass is 32.2. The second-order valence-electron chi connectivity index (χ2n) is 4.95. The first kappa shape index (κ1) is 15.7. The molecule has 8 heteroatoms. The molecule has 0 aliphatic heterocycles. The number of para-hydroxylation sites is 1. The molecular weight excluding hydrogens is 308 g/mol. The third kappa shape index (κ3) is 3.92. The second kappa shape index (κ2) is 6.40. The molecule has 0 bridgehead atoms. The van der Waals surface area contributed by atoms with E-state index in [0.29, 0.717) is 11.6 Å². The van der Waals surface area contributed by atoms with Gasteiger partial charge in [-0.2, -0.15) is 0 Å². The first-order valence-corrected chi connectivity index (χ1v) is 8.84. The van der Waals surface area contributed by atoms with Crippen molar-refractivity contribution in [2.45, 2.75) is 25.2 Å². The van der Waals surface area contributed by atoms with Crippen LogP contribution in [0.5, 0.6) is 0 Å². The van der Waals surface area contributed by atoms with Crippen LogP contribution in [0.15, 0.2) is 29.2 Å². The van der Waals surface area contributed by atoms with Gasteiger partial charge in [-0.05, 0) is 18.1 Å². The van der Waals surface area contributed by atoms with E-state index in [2.05, 4.69) is 34.1 Å². The molecular formula is C13H18N4O2S2. The van der Waals surface area contributed by atoms with Gasteiger partial charge in [-0.15, -0.1) is 10.2 Å². The van der Waals surface area contributed by atoms with Crippen molar-refractivity contribution in [3.05, 3.63) is 29.3 Å². The number of rotatable bonds is 6. The molecule has 6 nitrogen and oxygen atoms in total. The van der Waals surface area contributed by atoms with Gasteiger partial charge < -0.3 is 5.32 Å². The Morgan fingerprint density at radius 3 is 2.62 bits per heavy atom. The van der Waals surface area contributed by atoms with Crippen molar-refractivity contribution in [1.82, 2.24) is 10.2 Å². The Morgan fingerprint density at radius 1 is 1.24 bits per heavy atom. The number of benzene rings is 1. The molecule has 1 aromatic heterocycles. The quantitative estimate of drug-likeness (QED) is 0.852. The molecule has 0 saturated heterocycles. The summed E-state index contributed by atoms with van der Waals surface area (Å²) in [6, 6.07) is 6.71. The number of hydrogen-bond acceptors (Lipinski definition) is 6. The molecule has 1 aromatic carbocycles. The fourth-order valence-electron chi connectivity index (χ4n) is 1.80. The summed E-state index contributed by atoms with van der Waals surface area (Å²) in [4.78, 5) is 0.188. The fourth-order valence-corrected chi connectivity index (χ4v) is 4.20. The van der Waals surface area contributed by atoms with Crippen molar-refractivity contribution in [1.29, 1.82) is 0 Å². The average molecular weight is 326 g/mol. The predicted octanol–water partition coefficient (Wildman–Crippen LogP) is 2.58. The average Bonchev–Trinajstić information content (AvgIpc) is 2.84. The molecule has 0 amide bonds. The topological polar surface area (TPSA) is 84.0 Å². The Hall–Kier alpha value is -1.67. The van der Waals surface area contributed by atoms with E-state index < -0.39 is 10.0 Å². The predicted molar refractivity (Wildman–Crippen MR) is 85.2 cm³/mol. The van der Waals surface area contributed by atoms with Gasteiger partial charge >= 0.3 is 0 Å². The Kier molecular flexibility index (Phi) is 4.79. The molecule has 0 spiro atoms. The van der Waals surface area contributed by atoms with Crippen molar-refractivity contribution in [3.8, 4) is 0 Å². The molecule has 0 saturated carbocycles. The minimum absolute atomic E-state index is 0.188. The lowest BCUT2D eigenvalue weighted by Crippen LogP contribution is -2.14. The molecule has 0 aliphatic rings. The van der Waals surface area contributed by atoms with Crippen LogP contribution in [-0.4, -0.2) is 25.7 Å². The van der Waals surface area contributed by atoms with Crippen molar-refractivity contribution < 1.29 is 8.42 Å². The lowest BCUT2D eigenvalue weighted by Gasteiger charge is -2.09. The number of nitrogens with zero attached hydrogens (tertiary/aromatic N) is 2. The Balaban J connectivity index is 2.23. The summed E-state index contributed by atoms with van der Waals surface area (Å²) in [6.45, 7) is 4.16. The Labute approximate surface area is 128 Å². The van der Waals surface area contributed by atoms with Crippen LogP contribution < -0.4 is 10.0 Å². The first-order valence-electron chi connectivity index (χ1n) is 6.54. The summed E-state index contributed by atoms with van der Waals surface area (Å²) in [7, 11) is -2.00. The van der Waals surface area contributed by atoms with E-state index in [9.17, 15) is 8.42 Å². The molecule has 0 atom stereocenters. The van der Waals surface area contributed by atoms with Gasteiger partial charge in [0, 0.05) is 13.5 Å². The van der Waals surface area contributed by atoms with Gasteiger partial charge in [0.2, 0.25) is 5.13 Å². The molecule has 0 unspecified atom stereocenters. The van der Waals surface area contributed by atoms with Crippen LogP contribution in [0.2, 0.25) is 0 Å². The zero-order valence-corrected chi connectivity index (χ0v) is 13.8. The fraction of sp³-hybridized carbons (Fsp3) is 0.385. The minimum Gasteiger partial charge on any atom is -0.387 e. The monoisotopic (exact) mass is 326 g/mol. The lowest BCUT2D eigenvalue weighted by molar-refractivity contribution is 0.601. The Bertz CT molecular complexity index is 710. The standard InChI is InChI=1S/C13H18N4O2S2/c1-9(2)8-12-15-16-13(20-12)17-21(18,19)11-7-5-4-6-10(11)14-3/h4-7,9,14H,8H2,1-3H3,(H,16,17). The number of nitrogens with one attached hydrogen (secondary N) is 2. The van der Waals surface area contributed by atoms with E-state index in [1.54, 1.807) is 31.3 Å². The summed E-state index contributed by atoms with van der Waals surface area (Å²) < 4.78 is 27.3. The molecule has 2 N–H and O–H groups in total. The highest BCUT2D eigenvalue weighted by molar-refractivity contribution is 7.93. The van der Waals surface area contributed by atoms with Crippen molar-refractivity contribution in [2.75, 3.05) is 17.1 Å². The molecule has 114 valence electrons. The minimum atomic E-state index is -3.68. The number of sulfonamides is 1. The summed E-state index contributed by atoms with van der Waals surface area (Å²) in [5.74, 6) is 0.451. The third-order valence-corrected chi connectivity index (χ3v) is 5.10. The molecule has 0 fully saturated rings. The molecule has 21 heavy (non-hydrogen) atoms. The normalized spacial score (nSPS) is 11.6. The lowest BCUT2D eigenvalue weighted by atomic mass is 10.1. The van der Waals surface area contributed by atoms with E-state index in [0.717, 1.165) is 11.4 Å². The van der Waals surface area contributed by atoms with E-state index >= 15 is 0 Å². The summed E-state index contributed by atoms with van der Waals surface area (Å²) >= 11 is 1.26. The van der Waals surface area contributed by atoms with Crippen LogP contribution in [-0.2, 0) is 16.4 Å². The van der Waals surface area contributed by atoms with Gasteiger partial charge in [0.05, 0.1) is 5.69 Å². The van der Waals surface area contributed by atoms with Gasteiger partial charge in [-0.25, -0.2) is 8.42 Å².